The number of hydrogen-bond donors (Lipinski definition) is 1. The van der Waals surface area contributed by atoms with E-state index in [1.807, 2.05) is 41.2 Å². The van der Waals surface area contributed by atoms with Gasteiger partial charge in [0.25, 0.3) is 0 Å². The molecule has 0 radical (unpaired) electrons. The molecule has 0 saturated heterocycles. The molecule has 1 aromatic heterocycles. The number of fused-ring (bicyclic) bond motifs is 1. The average molecular weight is 300 g/mol. The van der Waals surface area contributed by atoms with Crippen LogP contribution in [0.5, 0.6) is 0 Å². The molecule has 0 amide bonds. The van der Waals surface area contributed by atoms with Crippen molar-refractivity contribution in [3.05, 3.63) is 59.2 Å². The minimum Gasteiger partial charge on any atom is -0.327 e. The van der Waals surface area contributed by atoms with Gasteiger partial charge in [-0.2, -0.15) is 5.10 Å². The Bertz CT molecular complexity index is 764. The molecule has 1 heterocycles. The van der Waals surface area contributed by atoms with Crippen molar-refractivity contribution in [3.8, 4) is 5.69 Å². The zero-order valence-electron chi connectivity index (χ0n) is 12.0. The Labute approximate surface area is 129 Å². The second kappa shape index (κ2) is 5.88. The highest BCUT2D eigenvalue weighted by Gasteiger charge is 2.14. The molecule has 3 rings (SSSR count). The van der Waals surface area contributed by atoms with Crippen molar-refractivity contribution in [2.24, 2.45) is 5.73 Å². The van der Waals surface area contributed by atoms with Crippen LogP contribution in [0.15, 0.2) is 48.7 Å². The number of benzene rings is 2. The van der Waals surface area contributed by atoms with E-state index in [9.17, 15) is 0 Å². The maximum Gasteiger partial charge on any atom is 0.0871 e. The zero-order valence-corrected chi connectivity index (χ0v) is 12.7. The summed E-state index contributed by atoms with van der Waals surface area (Å²) >= 11 is 6.45. The third kappa shape index (κ3) is 2.67. The molecule has 0 bridgehead atoms. The fourth-order valence-corrected chi connectivity index (χ4v) is 2.81. The van der Waals surface area contributed by atoms with E-state index in [4.69, 9.17) is 17.3 Å². The van der Waals surface area contributed by atoms with E-state index in [2.05, 4.69) is 24.2 Å². The van der Waals surface area contributed by atoms with Gasteiger partial charge in [0.15, 0.2) is 0 Å². The SMILES string of the molecule is CCC(N)Cc1cccc(Cl)c1-n1ncc2ccccc21. The number of nitrogens with two attached hydrogens (primary N) is 1. The maximum atomic E-state index is 6.45. The topological polar surface area (TPSA) is 43.8 Å². The highest BCUT2D eigenvalue weighted by Crippen LogP contribution is 2.28. The largest absolute Gasteiger partial charge is 0.327 e. The summed E-state index contributed by atoms with van der Waals surface area (Å²) < 4.78 is 1.91. The first-order valence-corrected chi connectivity index (χ1v) is 7.54. The lowest BCUT2D eigenvalue weighted by atomic mass is 10.0. The Hall–Kier alpha value is -1.84. The van der Waals surface area contributed by atoms with E-state index in [1.165, 1.54) is 0 Å². The van der Waals surface area contributed by atoms with Crippen LogP contribution in [0.1, 0.15) is 18.9 Å². The molecule has 0 aliphatic carbocycles. The molecule has 3 nitrogen and oxygen atoms in total. The van der Waals surface area contributed by atoms with Crippen LogP contribution < -0.4 is 5.73 Å². The van der Waals surface area contributed by atoms with Crippen LogP contribution in [0, 0.1) is 0 Å². The van der Waals surface area contributed by atoms with E-state index in [1.54, 1.807) is 0 Å². The molecule has 3 aromatic rings. The van der Waals surface area contributed by atoms with Crippen LogP contribution in [0.4, 0.5) is 0 Å². The number of para-hydroxylation sites is 2. The second-order valence-electron chi connectivity index (χ2n) is 5.24. The van der Waals surface area contributed by atoms with Gasteiger partial charge in [-0.15, -0.1) is 0 Å². The van der Waals surface area contributed by atoms with E-state index >= 15 is 0 Å². The average Bonchev–Trinajstić information content (AvgIpc) is 2.91. The van der Waals surface area contributed by atoms with Crippen LogP contribution >= 0.6 is 11.6 Å². The molecule has 108 valence electrons. The number of halogens is 1. The molecule has 2 aromatic carbocycles. The molecule has 0 aliphatic rings. The lowest BCUT2D eigenvalue weighted by Gasteiger charge is -2.15. The summed E-state index contributed by atoms with van der Waals surface area (Å²) in [5.41, 5.74) is 9.23. The normalized spacial score (nSPS) is 12.7. The van der Waals surface area contributed by atoms with Crippen molar-refractivity contribution in [1.29, 1.82) is 0 Å². The summed E-state index contributed by atoms with van der Waals surface area (Å²) in [5, 5.41) is 6.31. The molecule has 0 spiro atoms. The predicted octanol–water partition coefficient (Wildman–Crippen LogP) is 3.96. The van der Waals surface area contributed by atoms with E-state index in [0.717, 1.165) is 35.0 Å². The van der Waals surface area contributed by atoms with E-state index in [0.29, 0.717) is 5.02 Å². The van der Waals surface area contributed by atoms with Crippen LogP contribution in [0.25, 0.3) is 16.6 Å². The van der Waals surface area contributed by atoms with Crippen molar-refractivity contribution < 1.29 is 0 Å². The van der Waals surface area contributed by atoms with Gasteiger partial charge in [0.1, 0.15) is 0 Å². The molecule has 0 fully saturated rings. The van der Waals surface area contributed by atoms with Gasteiger partial charge in [0.05, 0.1) is 22.4 Å². The Kier molecular flexibility index (Phi) is 3.95. The van der Waals surface area contributed by atoms with Crippen molar-refractivity contribution in [1.82, 2.24) is 9.78 Å². The fraction of sp³-hybridized carbons (Fsp3) is 0.235. The Morgan fingerprint density at radius 3 is 2.81 bits per heavy atom. The van der Waals surface area contributed by atoms with E-state index in [-0.39, 0.29) is 6.04 Å². The van der Waals surface area contributed by atoms with E-state index < -0.39 is 0 Å². The molecule has 21 heavy (non-hydrogen) atoms. The number of nitrogens with zero attached hydrogens (tertiary/aromatic N) is 2. The molecule has 1 atom stereocenters. The minimum absolute atomic E-state index is 0.129. The van der Waals surface area contributed by atoms with Crippen LogP contribution in [-0.4, -0.2) is 15.8 Å². The van der Waals surface area contributed by atoms with Crippen LogP contribution in [-0.2, 0) is 6.42 Å². The summed E-state index contributed by atoms with van der Waals surface area (Å²) in [4.78, 5) is 0. The van der Waals surface area contributed by atoms with Crippen LogP contribution in [0.2, 0.25) is 5.02 Å². The lowest BCUT2D eigenvalue weighted by Crippen LogP contribution is -2.22. The highest BCUT2D eigenvalue weighted by atomic mass is 35.5. The van der Waals surface area contributed by atoms with Gasteiger partial charge in [-0.25, -0.2) is 4.68 Å². The summed E-state index contributed by atoms with van der Waals surface area (Å²) in [7, 11) is 0. The number of aromatic nitrogens is 2. The quantitative estimate of drug-likeness (QED) is 0.792. The van der Waals surface area contributed by atoms with Crippen LogP contribution in [0.3, 0.4) is 0 Å². The Balaban J connectivity index is 2.17. The standard InChI is InChI=1S/C17H18ClN3/c1-2-14(19)10-12-7-5-8-15(18)17(12)21-16-9-4-3-6-13(16)11-20-21/h3-9,11,14H,2,10,19H2,1H3. The zero-order chi connectivity index (χ0) is 14.8. The van der Waals surface area contributed by atoms with Crippen molar-refractivity contribution in [3.63, 3.8) is 0 Å². The van der Waals surface area contributed by atoms with Crippen molar-refractivity contribution in [2.45, 2.75) is 25.8 Å². The van der Waals surface area contributed by atoms with Crippen molar-refractivity contribution in [2.75, 3.05) is 0 Å². The summed E-state index contributed by atoms with van der Waals surface area (Å²) in [6.07, 6.45) is 3.59. The third-order valence-electron chi connectivity index (χ3n) is 3.77. The molecule has 2 N–H and O–H groups in total. The summed E-state index contributed by atoms with van der Waals surface area (Å²) in [6, 6.07) is 14.2. The molecule has 0 aliphatic heterocycles. The molecular weight excluding hydrogens is 282 g/mol. The first-order chi connectivity index (χ1) is 10.2. The maximum absolute atomic E-state index is 6.45. The smallest absolute Gasteiger partial charge is 0.0871 e. The lowest BCUT2D eigenvalue weighted by molar-refractivity contribution is 0.643. The molecule has 1 unspecified atom stereocenters. The monoisotopic (exact) mass is 299 g/mol. The number of hydrogen-bond acceptors (Lipinski definition) is 2. The minimum atomic E-state index is 0.129. The highest BCUT2D eigenvalue weighted by molar-refractivity contribution is 6.32. The summed E-state index contributed by atoms with van der Waals surface area (Å²) in [6.45, 7) is 2.10. The van der Waals surface area contributed by atoms with Gasteiger partial charge < -0.3 is 5.73 Å². The van der Waals surface area contributed by atoms with Crippen molar-refractivity contribution >= 4 is 22.5 Å². The predicted molar refractivity (Wildman–Crippen MR) is 88.1 cm³/mol. The first-order valence-electron chi connectivity index (χ1n) is 7.16. The summed E-state index contributed by atoms with van der Waals surface area (Å²) in [5.74, 6) is 0. The third-order valence-corrected chi connectivity index (χ3v) is 4.07. The Morgan fingerprint density at radius 1 is 1.19 bits per heavy atom. The molecule has 0 saturated carbocycles. The first kappa shape index (κ1) is 14.1. The second-order valence-corrected chi connectivity index (χ2v) is 5.64. The fourth-order valence-electron chi connectivity index (χ4n) is 2.54. The Morgan fingerprint density at radius 2 is 2.00 bits per heavy atom. The van der Waals surface area contributed by atoms with Gasteiger partial charge in [-0.05, 0) is 30.5 Å². The molecular formula is C17H18ClN3. The van der Waals surface area contributed by atoms with Gasteiger partial charge in [0.2, 0.25) is 0 Å². The van der Waals surface area contributed by atoms with Gasteiger partial charge in [-0.1, -0.05) is 48.9 Å². The van der Waals surface area contributed by atoms with Gasteiger partial charge in [0, 0.05) is 11.4 Å². The van der Waals surface area contributed by atoms with Gasteiger partial charge in [-0.3, -0.25) is 0 Å². The van der Waals surface area contributed by atoms with Gasteiger partial charge >= 0.3 is 0 Å². The molecule has 4 heteroatoms. The number of rotatable bonds is 4.